The topological polar surface area (TPSA) is 54.3 Å². The van der Waals surface area contributed by atoms with Crippen LogP contribution in [0.15, 0.2) is 0 Å². The minimum absolute atomic E-state index is 0.402. The van der Waals surface area contributed by atoms with Crippen LogP contribution in [0.25, 0.3) is 0 Å². The molecule has 4 nitrogen and oxygen atoms in total. The van der Waals surface area contributed by atoms with Gasteiger partial charge >= 0.3 is 0 Å². The lowest BCUT2D eigenvalue weighted by Crippen LogP contribution is -2.45. The number of nitrogens with zero attached hydrogens (tertiary/aromatic N) is 1. The molecule has 0 spiro atoms. The van der Waals surface area contributed by atoms with Crippen LogP contribution < -0.4 is 5.32 Å². The van der Waals surface area contributed by atoms with Gasteiger partial charge in [-0.3, -0.25) is 5.32 Å². The highest BCUT2D eigenvalue weighted by Crippen LogP contribution is 2.02. The SMILES string of the molecule is CCCNC(C)(C#N)COCCOCCC. The van der Waals surface area contributed by atoms with E-state index in [9.17, 15) is 0 Å². The number of hydrogen-bond acceptors (Lipinski definition) is 4. The van der Waals surface area contributed by atoms with Crippen molar-refractivity contribution in [3.63, 3.8) is 0 Å². The van der Waals surface area contributed by atoms with Crippen LogP contribution in [0.3, 0.4) is 0 Å². The summed E-state index contributed by atoms with van der Waals surface area (Å²) in [4.78, 5) is 0. The second kappa shape index (κ2) is 9.59. The third-order valence-electron chi connectivity index (χ3n) is 2.12. The molecular formula is C12H24N2O2. The fourth-order valence-corrected chi connectivity index (χ4v) is 1.16. The van der Waals surface area contributed by atoms with E-state index in [2.05, 4.69) is 25.2 Å². The van der Waals surface area contributed by atoms with Crippen molar-refractivity contribution >= 4 is 0 Å². The predicted octanol–water partition coefficient (Wildman–Crippen LogP) is 1.71. The highest BCUT2D eigenvalue weighted by atomic mass is 16.5. The number of nitrogens with one attached hydrogen (secondary N) is 1. The molecular weight excluding hydrogens is 204 g/mol. The van der Waals surface area contributed by atoms with Gasteiger partial charge < -0.3 is 9.47 Å². The molecule has 0 fully saturated rings. The number of hydrogen-bond donors (Lipinski definition) is 1. The van der Waals surface area contributed by atoms with Crippen LogP contribution in [0.4, 0.5) is 0 Å². The predicted molar refractivity (Wildman–Crippen MR) is 64.2 cm³/mol. The summed E-state index contributed by atoms with van der Waals surface area (Å²) in [5.74, 6) is 0. The van der Waals surface area contributed by atoms with Gasteiger partial charge in [-0.25, -0.2) is 0 Å². The van der Waals surface area contributed by atoms with Crippen molar-refractivity contribution in [2.75, 3.05) is 33.0 Å². The lowest BCUT2D eigenvalue weighted by atomic mass is 10.1. The minimum atomic E-state index is -0.583. The van der Waals surface area contributed by atoms with Crippen LogP contribution in [0.1, 0.15) is 33.6 Å². The number of ether oxygens (including phenoxy) is 2. The fourth-order valence-electron chi connectivity index (χ4n) is 1.16. The average Bonchev–Trinajstić information content (AvgIpc) is 2.31. The molecule has 0 aliphatic rings. The summed E-state index contributed by atoms with van der Waals surface area (Å²) in [7, 11) is 0. The second-order valence-corrected chi connectivity index (χ2v) is 4.04. The Morgan fingerprint density at radius 2 is 1.81 bits per heavy atom. The summed E-state index contributed by atoms with van der Waals surface area (Å²) >= 11 is 0. The van der Waals surface area contributed by atoms with Crippen molar-refractivity contribution in [2.45, 2.75) is 39.2 Å². The largest absolute Gasteiger partial charge is 0.379 e. The van der Waals surface area contributed by atoms with Gasteiger partial charge in [-0.05, 0) is 26.3 Å². The van der Waals surface area contributed by atoms with Crippen LogP contribution in [-0.2, 0) is 9.47 Å². The first-order chi connectivity index (χ1) is 7.68. The Morgan fingerprint density at radius 1 is 1.12 bits per heavy atom. The molecule has 1 atom stereocenters. The molecule has 0 heterocycles. The molecule has 0 amide bonds. The molecule has 1 unspecified atom stereocenters. The van der Waals surface area contributed by atoms with Gasteiger partial charge in [-0.15, -0.1) is 0 Å². The lowest BCUT2D eigenvalue weighted by Gasteiger charge is -2.22. The first kappa shape index (κ1) is 15.4. The van der Waals surface area contributed by atoms with E-state index in [4.69, 9.17) is 14.7 Å². The van der Waals surface area contributed by atoms with Gasteiger partial charge in [0.25, 0.3) is 0 Å². The Kier molecular flexibility index (Phi) is 9.21. The number of rotatable bonds is 10. The van der Waals surface area contributed by atoms with E-state index < -0.39 is 5.54 Å². The van der Waals surface area contributed by atoms with E-state index in [-0.39, 0.29) is 0 Å². The Balaban J connectivity index is 3.58. The summed E-state index contributed by atoms with van der Waals surface area (Å²) in [6.45, 7) is 9.15. The molecule has 0 aliphatic heterocycles. The van der Waals surface area contributed by atoms with Crippen molar-refractivity contribution < 1.29 is 9.47 Å². The molecule has 0 aromatic carbocycles. The summed E-state index contributed by atoms with van der Waals surface area (Å²) < 4.78 is 10.7. The van der Waals surface area contributed by atoms with Gasteiger partial charge in [0.15, 0.2) is 0 Å². The van der Waals surface area contributed by atoms with E-state index in [0.717, 1.165) is 26.0 Å². The second-order valence-electron chi connectivity index (χ2n) is 4.04. The Labute approximate surface area is 98.9 Å². The molecule has 16 heavy (non-hydrogen) atoms. The van der Waals surface area contributed by atoms with Gasteiger partial charge in [0.2, 0.25) is 0 Å². The summed E-state index contributed by atoms with van der Waals surface area (Å²) in [5.41, 5.74) is -0.583. The highest BCUT2D eigenvalue weighted by Gasteiger charge is 2.22. The average molecular weight is 228 g/mol. The zero-order valence-electron chi connectivity index (χ0n) is 10.7. The Morgan fingerprint density at radius 3 is 2.38 bits per heavy atom. The molecule has 0 aromatic heterocycles. The molecule has 0 saturated heterocycles. The smallest absolute Gasteiger partial charge is 0.127 e. The maximum Gasteiger partial charge on any atom is 0.127 e. The van der Waals surface area contributed by atoms with E-state index >= 15 is 0 Å². The number of nitriles is 1. The maximum atomic E-state index is 9.03. The van der Waals surface area contributed by atoms with Crippen LogP contribution in [0, 0.1) is 11.3 Å². The van der Waals surface area contributed by atoms with Crippen molar-refractivity contribution in [1.29, 1.82) is 5.26 Å². The summed E-state index contributed by atoms with van der Waals surface area (Å²) in [6.07, 6.45) is 2.03. The third kappa shape index (κ3) is 7.63. The quantitative estimate of drug-likeness (QED) is 0.578. The van der Waals surface area contributed by atoms with Crippen molar-refractivity contribution in [2.24, 2.45) is 0 Å². The molecule has 94 valence electrons. The Hall–Kier alpha value is -0.630. The molecule has 0 aromatic rings. The van der Waals surface area contributed by atoms with Crippen molar-refractivity contribution in [3.05, 3.63) is 0 Å². The zero-order chi connectivity index (χ0) is 12.3. The zero-order valence-corrected chi connectivity index (χ0v) is 10.7. The van der Waals surface area contributed by atoms with Gasteiger partial charge in [0, 0.05) is 6.61 Å². The molecule has 0 bridgehead atoms. The standard InChI is InChI=1S/C12H24N2O2/c1-4-6-14-12(3,10-13)11-16-9-8-15-7-5-2/h14H,4-9,11H2,1-3H3. The summed E-state index contributed by atoms with van der Waals surface area (Å²) in [5, 5.41) is 12.2. The van der Waals surface area contributed by atoms with E-state index in [1.54, 1.807) is 0 Å². The van der Waals surface area contributed by atoms with Crippen molar-refractivity contribution in [3.8, 4) is 6.07 Å². The van der Waals surface area contributed by atoms with E-state index in [0.29, 0.717) is 19.8 Å². The van der Waals surface area contributed by atoms with Crippen LogP contribution in [0.5, 0.6) is 0 Å². The molecule has 4 heteroatoms. The molecule has 0 radical (unpaired) electrons. The first-order valence-corrected chi connectivity index (χ1v) is 6.00. The van der Waals surface area contributed by atoms with Gasteiger partial charge in [-0.2, -0.15) is 5.26 Å². The Bertz CT molecular complexity index is 204. The fraction of sp³-hybridized carbons (Fsp3) is 0.917. The van der Waals surface area contributed by atoms with Crippen LogP contribution in [0.2, 0.25) is 0 Å². The van der Waals surface area contributed by atoms with E-state index in [1.165, 1.54) is 0 Å². The third-order valence-corrected chi connectivity index (χ3v) is 2.12. The monoisotopic (exact) mass is 228 g/mol. The maximum absolute atomic E-state index is 9.03. The van der Waals surface area contributed by atoms with Gasteiger partial charge in [0.1, 0.15) is 5.54 Å². The van der Waals surface area contributed by atoms with Crippen molar-refractivity contribution in [1.82, 2.24) is 5.32 Å². The highest BCUT2D eigenvalue weighted by molar-refractivity contribution is 5.03. The first-order valence-electron chi connectivity index (χ1n) is 6.00. The molecule has 1 N–H and O–H groups in total. The lowest BCUT2D eigenvalue weighted by molar-refractivity contribution is 0.0324. The van der Waals surface area contributed by atoms with Crippen LogP contribution in [-0.4, -0.2) is 38.5 Å². The molecule has 0 saturated carbocycles. The van der Waals surface area contributed by atoms with E-state index in [1.807, 2.05) is 6.92 Å². The minimum Gasteiger partial charge on any atom is -0.379 e. The molecule has 0 rings (SSSR count). The van der Waals surface area contributed by atoms with Gasteiger partial charge in [0.05, 0.1) is 25.9 Å². The van der Waals surface area contributed by atoms with Gasteiger partial charge in [-0.1, -0.05) is 13.8 Å². The summed E-state index contributed by atoms with van der Waals surface area (Å²) in [6, 6.07) is 2.24. The normalized spacial score (nSPS) is 14.4. The van der Waals surface area contributed by atoms with Crippen LogP contribution >= 0.6 is 0 Å². The molecule has 0 aliphatic carbocycles.